The highest BCUT2D eigenvalue weighted by Crippen LogP contribution is 2.21. The molecule has 2 amide bonds. The van der Waals surface area contributed by atoms with E-state index in [0.29, 0.717) is 15.7 Å². The van der Waals surface area contributed by atoms with E-state index >= 15 is 0 Å². The van der Waals surface area contributed by atoms with Gasteiger partial charge in [0.15, 0.2) is 0 Å². The number of hydrazone groups is 1. The number of urea groups is 1. The van der Waals surface area contributed by atoms with E-state index in [9.17, 15) is 4.79 Å². The Bertz CT molecular complexity index is 966. The van der Waals surface area contributed by atoms with Crippen molar-refractivity contribution in [2.75, 3.05) is 5.32 Å². The minimum Gasteiger partial charge on any atom is -0.316 e. The molecule has 0 spiro atoms. The summed E-state index contributed by atoms with van der Waals surface area (Å²) in [6.07, 6.45) is 3.45. The minimum atomic E-state index is -0.481. The van der Waals surface area contributed by atoms with E-state index in [-0.39, 0.29) is 0 Å². The molecule has 0 atom stereocenters. The number of amides is 2. The van der Waals surface area contributed by atoms with Crippen molar-refractivity contribution in [3.8, 4) is 5.69 Å². The van der Waals surface area contributed by atoms with Crippen LogP contribution < -0.4 is 10.7 Å². The highest BCUT2D eigenvalue weighted by atomic mass is 35.5. The molecule has 1 aromatic heterocycles. The van der Waals surface area contributed by atoms with Crippen molar-refractivity contribution in [2.24, 2.45) is 5.10 Å². The van der Waals surface area contributed by atoms with Crippen molar-refractivity contribution in [1.82, 2.24) is 9.99 Å². The van der Waals surface area contributed by atoms with Gasteiger partial charge in [0.25, 0.3) is 0 Å². The first-order chi connectivity index (χ1) is 12.5. The maximum absolute atomic E-state index is 11.9. The molecule has 0 aliphatic carbocycles. The van der Waals surface area contributed by atoms with Crippen LogP contribution in [0.3, 0.4) is 0 Å². The zero-order valence-corrected chi connectivity index (χ0v) is 15.4. The van der Waals surface area contributed by atoms with Crippen molar-refractivity contribution in [3.05, 3.63) is 82.1 Å². The van der Waals surface area contributed by atoms with Gasteiger partial charge in [0.1, 0.15) is 0 Å². The Morgan fingerprint density at radius 1 is 1.08 bits per heavy atom. The lowest BCUT2D eigenvalue weighted by molar-refractivity contribution is 0.252. The number of nitrogens with one attached hydrogen (secondary N) is 2. The van der Waals surface area contributed by atoms with Gasteiger partial charge in [-0.05, 0) is 48.9 Å². The van der Waals surface area contributed by atoms with Crippen LogP contribution in [-0.4, -0.2) is 16.8 Å². The summed E-state index contributed by atoms with van der Waals surface area (Å²) >= 11 is 12.2. The van der Waals surface area contributed by atoms with E-state index < -0.39 is 6.03 Å². The van der Waals surface area contributed by atoms with Crippen LogP contribution in [0.25, 0.3) is 5.69 Å². The third-order valence-corrected chi connectivity index (χ3v) is 4.44. The molecule has 0 aliphatic heterocycles. The Balaban J connectivity index is 1.68. The third-order valence-electron chi connectivity index (χ3n) is 3.70. The van der Waals surface area contributed by atoms with E-state index in [1.807, 2.05) is 48.0 Å². The topological polar surface area (TPSA) is 58.4 Å². The van der Waals surface area contributed by atoms with Crippen LogP contribution >= 0.6 is 23.2 Å². The summed E-state index contributed by atoms with van der Waals surface area (Å²) < 4.78 is 1.92. The van der Waals surface area contributed by atoms with Gasteiger partial charge in [0.2, 0.25) is 0 Å². The summed E-state index contributed by atoms with van der Waals surface area (Å²) in [7, 11) is 0. The molecular weight excluding hydrogens is 371 g/mol. The van der Waals surface area contributed by atoms with Gasteiger partial charge in [-0.25, -0.2) is 10.2 Å². The number of aryl methyl sites for hydroxylation is 1. The number of halogens is 2. The Hall–Kier alpha value is -2.76. The van der Waals surface area contributed by atoms with Gasteiger partial charge in [-0.1, -0.05) is 41.4 Å². The Morgan fingerprint density at radius 2 is 1.88 bits per heavy atom. The van der Waals surface area contributed by atoms with Gasteiger partial charge in [-0.2, -0.15) is 5.10 Å². The molecule has 132 valence electrons. The monoisotopic (exact) mass is 386 g/mol. The number of rotatable bonds is 4. The molecule has 7 heteroatoms. The average molecular weight is 387 g/mol. The molecule has 26 heavy (non-hydrogen) atoms. The quantitative estimate of drug-likeness (QED) is 0.466. The number of para-hydroxylation sites is 1. The van der Waals surface area contributed by atoms with Gasteiger partial charge >= 0.3 is 6.03 Å². The number of aromatic nitrogens is 1. The summed E-state index contributed by atoms with van der Waals surface area (Å²) in [5.41, 5.74) is 5.64. The van der Waals surface area contributed by atoms with Crippen LogP contribution in [0.2, 0.25) is 10.0 Å². The van der Waals surface area contributed by atoms with Gasteiger partial charge < -0.3 is 9.88 Å². The van der Waals surface area contributed by atoms with Gasteiger partial charge in [-0.15, -0.1) is 0 Å². The van der Waals surface area contributed by atoms with Crippen molar-refractivity contribution in [1.29, 1.82) is 0 Å². The zero-order chi connectivity index (χ0) is 18.5. The van der Waals surface area contributed by atoms with Gasteiger partial charge in [0.05, 0.1) is 22.6 Å². The summed E-state index contributed by atoms with van der Waals surface area (Å²) in [6, 6.07) is 16.1. The first-order valence-corrected chi connectivity index (χ1v) is 8.58. The van der Waals surface area contributed by atoms with Crippen molar-refractivity contribution in [2.45, 2.75) is 6.92 Å². The van der Waals surface area contributed by atoms with Gasteiger partial charge in [0, 0.05) is 16.9 Å². The van der Waals surface area contributed by atoms with Crippen molar-refractivity contribution < 1.29 is 4.79 Å². The number of benzene rings is 2. The first kappa shape index (κ1) is 18.0. The minimum absolute atomic E-state index is 0.455. The van der Waals surface area contributed by atoms with Gasteiger partial charge in [-0.3, -0.25) is 0 Å². The Kier molecular flexibility index (Phi) is 5.61. The van der Waals surface area contributed by atoms with E-state index in [4.69, 9.17) is 23.2 Å². The summed E-state index contributed by atoms with van der Waals surface area (Å²) in [4.78, 5) is 11.9. The predicted molar refractivity (Wildman–Crippen MR) is 107 cm³/mol. The fourth-order valence-corrected chi connectivity index (χ4v) is 2.69. The SMILES string of the molecule is Cc1ccc(-n2cccc2/C=N/NC(=O)Nc2ccccc2Cl)cc1Cl. The van der Waals surface area contributed by atoms with E-state index in [2.05, 4.69) is 15.8 Å². The summed E-state index contributed by atoms with van der Waals surface area (Å²) in [6.45, 7) is 1.95. The van der Waals surface area contributed by atoms with E-state index in [0.717, 1.165) is 16.9 Å². The molecule has 0 unspecified atom stereocenters. The molecule has 0 aliphatic rings. The summed E-state index contributed by atoms with van der Waals surface area (Å²) in [5.74, 6) is 0. The summed E-state index contributed by atoms with van der Waals surface area (Å²) in [5, 5.41) is 7.76. The Labute approximate surface area is 161 Å². The molecule has 0 fully saturated rings. The smallest absolute Gasteiger partial charge is 0.316 e. The standard InChI is InChI=1S/C19H16Cl2N4O/c1-13-8-9-14(11-17(13)21)25-10-4-5-15(25)12-22-24-19(26)23-18-7-3-2-6-16(18)20/h2-12H,1H3,(H2,23,24,26)/b22-12+. The van der Waals surface area contributed by atoms with Crippen LogP contribution in [0.5, 0.6) is 0 Å². The fourth-order valence-electron chi connectivity index (χ4n) is 2.34. The largest absolute Gasteiger partial charge is 0.339 e. The van der Waals surface area contributed by atoms with Crippen molar-refractivity contribution in [3.63, 3.8) is 0 Å². The molecule has 0 saturated heterocycles. The number of anilines is 1. The van der Waals surface area contributed by atoms with Crippen LogP contribution in [0.1, 0.15) is 11.3 Å². The molecule has 3 aromatic rings. The Morgan fingerprint density at radius 3 is 2.65 bits per heavy atom. The molecular formula is C19H16Cl2N4O. The van der Waals surface area contributed by atoms with Crippen LogP contribution in [0, 0.1) is 6.92 Å². The molecule has 3 rings (SSSR count). The normalized spacial score (nSPS) is 10.9. The predicted octanol–water partition coefficient (Wildman–Crippen LogP) is 5.25. The lowest BCUT2D eigenvalue weighted by Gasteiger charge is -2.08. The van der Waals surface area contributed by atoms with Crippen LogP contribution in [0.4, 0.5) is 10.5 Å². The number of carbonyl (C=O) groups is 1. The fraction of sp³-hybridized carbons (Fsp3) is 0.0526. The van der Waals surface area contributed by atoms with Crippen LogP contribution in [-0.2, 0) is 0 Å². The third kappa shape index (κ3) is 4.25. The van der Waals surface area contributed by atoms with Crippen LogP contribution in [0.15, 0.2) is 65.9 Å². The highest BCUT2D eigenvalue weighted by molar-refractivity contribution is 6.33. The second-order valence-electron chi connectivity index (χ2n) is 5.54. The zero-order valence-electron chi connectivity index (χ0n) is 13.9. The van der Waals surface area contributed by atoms with Crippen molar-refractivity contribution >= 4 is 41.1 Å². The molecule has 2 N–H and O–H groups in total. The molecule has 0 saturated carbocycles. The number of nitrogens with zero attached hydrogens (tertiary/aromatic N) is 2. The second kappa shape index (κ2) is 8.08. The molecule has 2 aromatic carbocycles. The maximum atomic E-state index is 11.9. The van der Waals surface area contributed by atoms with E-state index in [1.54, 1.807) is 30.5 Å². The highest BCUT2D eigenvalue weighted by Gasteiger charge is 2.05. The molecule has 5 nitrogen and oxygen atoms in total. The number of hydrogen-bond donors (Lipinski definition) is 2. The maximum Gasteiger partial charge on any atom is 0.339 e. The number of hydrogen-bond acceptors (Lipinski definition) is 2. The number of carbonyl (C=O) groups excluding carboxylic acids is 1. The average Bonchev–Trinajstić information content (AvgIpc) is 3.08. The lowest BCUT2D eigenvalue weighted by Crippen LogP contribution is -2.24. The van der Waals surface area contributed by atoms with E-state index in [1.165, 1.54) is 0 Å². The molecule has 1 heterocycles. The first-order valence-electron chi connectivity index (χ1n) is 7.83. The molecule has 0 radical (unpaired) electrons. The second-order valence-corrected chi connectivity index (χ2v) is 6.35. The molecule has 0 bridgehead atoms. The lowest BCUT2D eigenvalue weighted by atomic mass is 10.2.